The van der Waals surface area contributed by atoms with E-state index in [0.717, 1.165) is 4.88 Å². The van der Waals surface area contributed by atoms with Crippen LogP contribution in [-0.4, -0.2) is 43.0 Å². The second kappa shape index (κ2) is 6.49. The Morgan fingerprint density at radius 3 is 2.85 bits per heavy atom. The van der Waals surface area contributed by atoms with Gasteiger partial charge >= 0.3 is 0 Å². The molecule has 0 saturated carbocycles. The van der Waals surface area contributed by atoms with Gasteiger partial charge in [0.25, 0.3) is 10.0 Å². The van der Waals surface area contributed by atoms with Gasteiger partial charge in [0.05, 0.1) is 12.8 Å². The summed E-state index contributed by atoms with van der Waals surface area (Å²) >= 11 is 1.53. The van der Waals surface area contributed by atoms with Crippen LogP contribution in [0.25, 0.3) is 0 Å². The Morgan fingerprint density at radius 2 is 2.30 bits per heavy atom. The molecule has 0 saturated heterocycles. The number of nitrogens with zero attached hydrogens (tertiary/aromatic N) is 2. The van der Waals surface area contributed by atoms with Gasteiger partial charge in [-0.2, -0.15) is 4.31 Å². The normalized spacial score (nSPS) is 12.2. The first kappa shape index (κ1) is 15.2. The van der Waals surface area contributed by atoms with E-state index in [-0.39, 0.29) is 5.03 Å². The van der Waals surface area contributed by atoms with E-state index < -0.39 is 10.0 Å². The van der Waals surface area contributed by atoms with Gasteiger partial charge in [0.1, 0.15) is 5.82 Å². The van der Waals surface area contributed by atoms with Crippen LogP contribution >= 0.6 is 11.3 Å². The third-order valence-electron chi connectivity index (χ3n) is 2.75. The molecule has 0 fully saturated rings. The molecule has 8 heteroatoms. The van der Waals surface area contributed by atoms with Crippen LogP contribution < -0.4 is 0 Å². The zero-order valence-corrected chi connectivity index (χ0v) is 13.0. The van der Waals surface area contributed by atoms with Crippen LogP contribution in [0.4, 0.5) is 0 Å². The van der Waals surface area contributed by atoms with E-state index in [1.807, 2.05) is 17.5 Å². The number of rotatable bonds is 7. The second-order valence-electron chi connectivity index (χ2n) is 4.24. The summed E-state index contributed by atoms with van der Waals surface area (Å²) < 4.78 is 31.6. The smallest absolute Gasteiger partial charge is 0.260 e. The van der Waals surface area contributed by atoms with Gasteiger partial charge in [-0.3, -0.25) is 0 Å². The molecule has 2 aromatic rings. The number of aromatic amines is 1. The van der Waals surface area contributed by atoms with Crippen LogP contribution in [0.1, 0.15) is 10.7 Å². The quantitative estimate of drug-likeness (QED) is 0.842. The number of thiophene rings is 1. The lowest BCUT2D eigenvalue weighted by Gasteiger charge is -2.20. The lowest BCUT2D eigenvalue weighted by molar-refractivity contribution is 0.177. The van der Waals surface area contributed by atoms with Crippen molar-refractivity contribution in [1.29, 1.82) is 0 Å². The van der Waals surface area contributed by atoms with Gasteiger partial charge in [-0.15, -0.1) is 11.3 Å². The average molecular weight is 315 g/mol. The van der Waals surface area contributed by atoms with Crippen molar-refractivity contribution in [3.63, 3.8) is 0 Å². The molecule has 6 nitrogen and oxygen atoms in total. The number of hydrogen-bond donors (Lipinski definition) is 1. The zero-order valence-electron chi connectivity index (χ0n) is 11.4. The Bertz CT molecular complexity index is 635. The Morgan fingerprint density at radius 1 is 1.50 bits per heavy atom. The van der Waals surface area contributed by atoms with E-state index in [9.17, 15) is 8.42 Å². The Kier molecular flexibility index (Phi) is 4.92. The molecule has 0 radical (unpaired) electrons. The first-order valence-electron chi connectivity index (χ1n) is 6.07. The monoisotopic (exact) mass is 315 g/mol. The molecule has 0 amide bonds. The fourth-order valence-electron chi connectivity index (χ4n) is 1.72. The summed E-state index contributed by atoms with van der Waals surface area (Å²) in [6.07, 6.45) is 1.35. The highest BCUT2D eigenvalue weighted by Gasteiger charge is 2.26. The van der Waals surface area contributed by atoms with Gasteiger partial charge in [-0.25, -0.2) is 13.4 Å². The summed E-state index contributed by atoms with van der Waals surface area (Å²) in [4.78, 5) is 7.71. The van der Waals surface area contributed by atoms with E-state index in [4.69, 9.17) is 4.74 Å². The highest BCUT2D eigenvalue weighted by Crippen LogP contribution is 2.19. The fourth-order valence-corrected chi connectivity index (χ4v) is 3.89. The molecule has 0 aliphatic heterocycles. The van der Waals surface area contributed by atoms with E-state index in [0.29, 0.717) is 25.5 Å². The lowest BCUT2D eigenvalue weighted by Crippen LogP contribution is -2.33. The molecule has 1 N–H and O–H groups in total. The lowest BCUT2D eigenvalue weighted by atomic mass is 10.4. The van der Waals surface area contributed by atoms with Crippen LogP contribution in [0.2, 0.25) is 0 Å². The van der Waals surface area contributed by atoms with E-state index >= 15 is 0 Å². The summed E-state index contributed by atoms with van der Waals surface area (Å²) in [5, 5.41) is 2.04. The van der Waals surface area contributed by atoms with Crippen LogP contribution in [0, 0.1) is 6.92 Å². The summed E-state index contributed by atoms with van der Waals surface area (Å²) in [5.74, 6) is 0.575. The first-order chi connectivity index (χ1) is 9.54. The number of imidazole rings is 1. The van der Waals surface area contributed by atoms with Crippen LogP contribution in [-0.2, 0) is 21.3 Å². The van der Waals surface area contributed by atoms with Gasteiger partial charge in [-0.1, -0.05) is 6.07 Å². The van der Waals surface area contributed by atoms with E-state index in [1.165, 1.54) is 21.8 Å². The number of hydrogen-bond acceptors (Lipinski definition) is 5. The maximum atomic E-state index is 12.6. The molecule has 2 heterocycles. The highest BCUT2D eigenvalue weighted by atomic mass is 32.2. The predicted octanol–water partition coefficient (Wildman–Crippen LogP) is 1.62. The number of nitrogens with one attached hydrogen (secondary N) is 1. The first-order valence-corrected chi connectivity index (χ1v) is 8.39. The average Bonchev–Trinajstić information content (AvgIpc) is 3.05. The molecule has 110 valence electrons. The van der Waals surface area contributed by atoms with Crippen molar-refractivity contribution < 1.29 is 13.2 Å². The Labute approximate surface area is 122 Å². The molecule has 0 spiro atoms. The van der Waals surface area contributed by atoms with Crippen molar-refractivity contribution in [2.75, 3.05) is 20.3 Å². The number of aromatic nitrogens is 2. The number of sulfonamides is 1. The minimum Gasteiger partial charge on any atom is -0.383 e. The predicted molar refractivity (Wildman–Crippen MR) is 77.1 cm³/mol. The van der Waals surface area contributed by atoms with Crippen molar-refractivity contribution in [3.8, 4) is 0 Å². The number of H-pyrrole nitrogens is 1. The van der Waals surface area contributed by atoms with Gasteiger partial charge in [0.2, 0.25) is 0 Å². The molecule has 0 aliphatic rings. The molecule has 20 heavy (non-hydrogen) atoms. The third-order valence-corrected chi connectivity index (χ3v) is 5.37. The van der Waals surface area contributed by atoms with Crippen molar-refractivity contribution in [2.24, 2.45) is 0 Å². The van der Waals surface area contributed by atoms with Gasteiger partial charge < -0.3 is 9.72 Å². The van der Waals surface area contributed by atoms with Crippen LogP contribution in [0.15, 0.2) is 28.7 Å². The maximum absolute atomic E-state index is 12.6. The molecular formula is C12H17N3O3S2. The Hall–Kier alpha value is -1.22. The largest absolute Gasteiger partial charge is 0.383 e. The van der Waals surface area contributed by atoms with Crippen LogP contribution in [0.3, 0.4) is 0 Å². The minimum atomic E-state index is -3.59. The number of aryl methyl sites for hydroxylation is 1. The maximum Gasteiger partial charge on any atom is 0.260 e. The van der Waals surface area contributed by atoms with Crippen LogP contribution in [0.5, 0.6) is 0 Å². The van der Waals surface area contributed by atoms with Gasteiger partial charge in [-0.05, 0) is 18.4 Å². The minimum absolute atomic E-state index is 0.114. The number of ether oxygens (including phenoxy) is 1. The van der Waals surface area contributed by atoms with E-state index in [1.54, 1.807) is 14.0 Å². The van der Waals surface area contributed by atoms with Crippen molar-refractivity contribution in [1.82, 2.24) is 14.3 Å². The molecule has 0 atom stereocenters. The number of methoxy groups -OCH3 is 1. The van der Waals surface area contributed by atoms with E-state index in [2.05, 4.69) is 9.97 Å². The van der Waals surface area contributed by atoms with Gasteiger partial charge in [0.15, 0.2) is 5.03 Å². The van der Waals surface area contributed by atoms with Crippen molar-refractivity contribution in [2.45, 2.75) is 18.5 Å². The second-order valence-corrected chi connectivity index (χ2v) is 7.18. The molecule has 0 aromatic carbocycles. The SMILES string of the molecule is COCCN(Cc1cccs1)S(=O)(=O)c1cnc(C)[nH]1. The molecule has 2 aromatic heterocycles. The van der Waals surface area contributed by atoms with Crippen molar-refractivity contribution in [3.05, 3.63) is 34.4 Å². The Balaban J connectivity index is 2.25. The summed E-state index contributed by atoms with van der Waals surface area (Å²) in [5.41, 5.74) is 0. The fraction of sp³-hybridized carbons (Fsp3) is 0.417. The molecule has 0 bridgehead atoms. The van der Waals surface area contributed by atoms with Crippen molar-refractivity contribution >= 4 is 21.4 Å². The molecule has 0 unspecified atom stereocenters. The standard InChI is InChI=1S/C12H17N3O3S2/c1-10-13-8-12(14-10)20(16,17)15(5-6-18-2)9-11-4-3-7-19-11/h3-4,7-8H,5-6,9H2,1-2H3,(H,13,14). The topological polar surface area (TPSA) is 75.3 Å². The summed E-state index contributed by atoms with van der Waals surface area (Å²) in [7, 11) is -2.03. The summed E-state index contributed by atoms with van der Waals surface area (Å²) in [6.45, 7) is 2.70. The summed E-state index contributed by atoms with van der Waals surface area (Å²) in [6, 6.07) is 3.82. The molecule has 2 rings (SSSR count). The molecular weight excluding hydrogens is 298 g/mol. The zero-order chi connectivity index (χ0) is 14.6. The molecule has 0 aliphatic carbocycles. The van der Waals surface area contributed by atoms with Gasteiger partial charge in [0, 0.05) is 25.1 Å². The third kappa shape index (κ3) is 3.45. The highest BCUT2D eigenvalue weighted by molar-refractivity contribution is 7.89.